The van der Waals surface area contributed by atoms with Crippen LogP contribution in [0.15, 0.2) is 60.2 Å². The normalized spacial score (nSPS) is 12.0. The van der Waals surface area contributed by atoms with Crippen molar-refractivity contribution in [2.45, 2.75) is 51.9 Å². The molecule has 0 atom stereocenters. The number of ether oxygens (including phenoxy) is 1. The van der Waals surface area contributed by atoms with Gasteiger partial charge in [-0.2, -0.15) is 12.6 Å². The first-order chi connectivity index (χ1) is 14.8. The van der Waals surface area contributed by atoms with Gasteiger partial charge in [-0.25, -0.2) is 0 Å². The molecule has 1 aliphatic carbocycles. The van der Waals surface area contributed by atoms with Gasteiger partial charge in [0.1, 0.15) is 5.76 Å². The summed E-state index contributed by atoms with van der Waals surface area (Å²) in [6, 6.07) is 18.4. The minimum atomic E-state index is 0.650. The SMILES string of the molecule is CCCCCCN.SCCOC(=C1CCC1)c1ccc(C#Cc2ccccc2)cc1. The van der Waals surface area contributed by atoms with Gasteiger partial charge in [0.2, 0.25) is 0 Å². The fourth-order valence-electron chi connectivity index (χ4n) is 3.06. The van der Waals surface area contributed by atoms with Crippen molar-refractivity contribution in [3.8, 4) is 11.8 Å². The molecule has 2 N–H and O–H groups in total. The second-order valence-electron chi connectivity index (χ2n) is 7.40. The van der Waals surface area contributed by atoms with E-state index in [1.165, 1.54) is 37.7 Å². The van der Waals surface area contributed by atoms with Crippen LogP contribution in [-0.4, -0.2) is 18.9 Å². The van der Waals surface area contributed by atoms with Gasteiger partial charge in [-0.1, -0.05) is 68.4 Å². The van der Waals surface area contributed by atoms with Crippen LogP contribution in [0.2, 0.25) is 0 Å². The highest BCUT2D eigenvalue weighted by atomic mass is 32.1. The smallest absolute Gasteiger partial charge is 0.125 e. The Bertz CT molecular complexity index is 805. The van der Waals surface area contributed by atoms with Crippen molar-refractivity contribution >= 4 is 18.4 Å². The Morgan fingerprint density at radius 1 is 0.933 bits per heavy atom. The highest BCUT2D eigenvalue weighted by Crippen LogP contribution is 2.34. The van der Waals surface area contributed by atoms with E-state index in [9.17, 15) is 0 Å². The molecule has 0 amide bonds. The maximum absolute atomic E-state index is 5.92. The molecule has 0 aromatic heterocycles. The molecule has 2 aromatic carbocycles. The predicted molar refractivity (Wildman–Crippen MR) is 133 cm³/mol. The predicted octanol–water partition coefficient (Wildman–Crippen LogP) is 6.45. The average molecular weight is 422 g/mol. The number of hydrogen-bond acceptors (Lipinski definition) is 3. The number of nitrogens with two attached hydrogens (primary N) is 1. The average Bonchev–Trinajstić information content (AvgIpc) is 2.76. The van der Waals surface area contributed by atoms with Crippen molar-refractivity contribution in [1.82, 2.24) is 0 Å². The molecular formula is C27H35NOS. The molecule has 1 saturated carbocycles. The Morgan fingerprint density at radius 2 is 1.60 bits per heavy atom. The highest BCUT2D eigenvalue weighted by Gasteiger charge is 2.17. The van der Waals surface area contributed by atoms with Crippen molar-refractivity contribution in [2.75, 3.05) is 18.9 Å². The lowest BCUT2D eigenvalue weighted by atomic mass is 9.89. The third-order valence-corrected chi connectivity index (χ3v) is 5.13. The molecule has 1 aliphatic rings. The summed E-state index contributed by atoms with van der Waals surface area (Å²) in [6.07, 6.45) is 8.73. The van der Waals surface area contributed by atoms with E-state index < -0.39 is 0 Å². The summed E-state index contributed by atoms with van der Waals surface area (Å²) in [5.41, 5.74) is 9.89. The van der Waals surface area contributed by atoms with E-state index in [2.05, 4.69) is 55.7 Å². The Morgan fingerprint density at radius 3 is 2.13 bits per heavy atom. The van der Waals surface area contributed by atoms with Crippen molar-refractivity contribution in [1.29, 1.82) is 0 Å². The summed E-state index contributed by atoms with van der Waals surface area (Å²) < 4.78 is 5.92. The summed E-state index contributed by atoms with van der Waals surface area (Å²) in [6.45, 7) is 3.72. The highest BCUT2D eigenvalue weighted by molar-refractivity contribution is 7.80. The summed E-state index contributed by atoms with van der Waals surface area (Å²) in [5.74, 6) is 8.18. The van der Waals surface area contributed by atoms with Crippen LogP contribution in [0.3, 0.4) is 0 Å². The van der Waals surface area contributed by atoms with Gasteiger partial charge in [-0.15, -0.1) is 0 Å². The molecule has 3 rings (SSSR count). The number of allylic oxidation sites excluding steroid dienone is 1. The lowest BCUT2D eigenvalue weighted by molar-refractivity contribution is 0.294. The minimum Gasteiger partial charge on any atom is -0.492 e. The Hall–Kier alpha value is -2.15. The van der Waals surface area contributed by atoms with Gasteiger partial charge in [0.25, 0.3) is 0 Å². The lowest BCUT2D eigenvalue weighted by Gasteiger charge is -2.22. The van der Waals surface area contributed by atoms with Crippen LogP contribution in [-0.2, 0) is 4.74 Å². The van der Waals surface area contributed by atoms with E-state index in [1.807, 2.05) is 30.3 Å². The third kappa shape index (κ3) is 8.69. The Labute approximate surface area is 188 Å². The maximum atomic E-state index is 5.92. The van der Waals surface area contributed by atoms with Crippen LogP contribution in [0.1, 0.15) is 68.6 Å². The molecule has 1 fully saturated rings. The van der Waals surface area contributed by atoms with Crippen LogP contribution in [0.5, 0.6) is 0 Å². The second kappa shape index (κ2) is 14.8. The molecule has 2 aromatic rings. The lowest BCUT2D eigenvalue weighted by Crippen LogP contribution is -2.06. The van der Waals surface area contributed by atoms with Gasteiger partial charge in [0.05, 0.1) is 6.61 Å². The topological polar surface area (TPSA) is 35.2 Å². The summed E-state index contributed by atoms with van der Waals surface area (Å²) in [4.78, 5) is 0. The zero-order valence-corrected chi connectivity index (χ0v) is 19.1. The molecule has 0 bridgehead atoms. The Balaban J connectivity index is 0.000000396. The van der Waals surface area contributed by atoms with E-state index in [0.29, 0.717) is 6.61 Å². The van der Waals surface area contributed by atoms with E-state index >= 15 is 0 Å². The molecule has 3 heteroatoms. The van der Waals surface area contributed by atoms with Gasteiger partial charge in [0, 0.05) is 22.4 Å². The van der Waals surface area contributed by atoms with Crippen LogP contribution in [0.25, 0.3) is 5.76 Å². The number of hydrogen-bond donors (Lipinski definition) is 2. The van der Waals surface area contributed by atoms with Crippen LogP contribution in [0.4, 0.5) is 0 Å². The Kier molecular flexibility index (Phi) is 11.9. The van der Waals surface area contributed by atoms with Gasteiger partial charge >= 0.3 is 0 Å². The first kappa shape index (κ1) is 24.1. The molecule has 0 spiro atoms. The molecule has 0 unspecified atom stereocenters. The molecule has 0 radical (unpaired) electrons. The van der Waals surface area contributed by atoms with E-state index in [1.54, 1.807) is 0 Å². The minimum absolute atomic E-state index is 0.650. The quantitative estimate of drug-likeness (QED) is 0.222. The first-order valence-corrected chi connectivity index (χ1v) is 11.7. The fraction of sp³-hybridized carbons (Fsp3) is 0.407. The zero-order chi connectivity index (χ0) is 21.4. The van der Waals surface area contributed by atoms with Crippen LogP contribution >= 0.6 is 12.6 Å². The summed E-state index contributed by atoms with van der Waals surface area (Å²) in [5, 5.41) is 0. The van der Waals surface area contributed by atoms with Crippen LogP contribution in [0, 0.1) is 11.8 Å². The second-order valence-corrected chi connectivity index (χ2v) is 7.85. The van der Waals surface area contributed by atoms with Gasteiger partial charge in [-0.05, 0) is 62.1 Å². The molecule has 2 nitrogen and oxygen atoms in total. The molecular weight excluding hydrogens is 386 g/mol. The largest absolute Gasteiger partial charge is 0.492 e. The van der Waals surface area contributed by atoms with Gasteiger partial charge < -0.3 is 10.5 Å². The summed E-state index contributed by atoms with van der Waals surface area (Å²) in [7, 11) is 0. The standard InChI is InChI=1S/C21H20OS.C6H15N/c23-16-15-22-21(19-7-4-8-19)20-13-11-18(12-14-20)10-9-17-5-2-1-3-6-17;1-2-3-4-5-6-7/h1-3,5-6,11-14,23H,4,7-8,15-16H2;2-7H2,1H3. The third-order valence-electron chi connectivity index (χ3n) is 4.95. The van der Waals surface area contributed by atoms with Crippen molar-refractivity contribution in [3.63, 3.8) is 0 Å². The van der Waals surface area contributed by atoms with E-state index in [4.69, 9.17) is 10.5 Å². The number of unbranched alkanes of at least 4 members (excludes halogenated alkanes) is 3. The van der Waals surface area contributed by atoms with Gasteiger partial charge in [-0.3, -0.25) is 0 Å². The monoisotopic (exact) mass is 421 g/mol. The number of rotatable bonds is 8. The van der Waals surface area contributed by atoms with Crippen molar-refractivity contribution < 1.29 is 4.74 Å². The van der Waals surface area contributed by atoms with Crippen LogP contribution < -0.4 is 5.73 Å². The maximum Gasteiger partial charge on any atom is 0.125 e. The van der Waals surface area contributed by atoms with Crippen molar-refractivity contribution in [3.05, 3.63) is 76.9 Å². The molecule has 0 aliphatic heterocycles. The zero-order valence-electron chi connectivity index (χ0n) is 18.2. The van der Waals surface area contributed by atoms with E-state index in [0.717, 1.165) is 47.6 Å². The first-order valence-electron chi connectivity index (χ1n) is 11.1. The molecule has 160 valence electrons. The molecule has 30 heavy (non-hydrogen) atoms. The molecule has 0 heterocycles. The number of thiol groups is 1. The molecule has 0 saturated heterocycles. The number of benzene rings is 2. The summed E-state index contributed by atoms with van der Waals surface area (Å²) >= 11 is 4.24. The fourth-order valence-corrected chi connectivity index (χ4v) is 3.15. The van der Waals surface area contributed by atoms with Gasteiger partial charge in [0.15, 0.2) is 0 Å². The van der Waals surface area contributed by atoms with E-state index in [-0.39, 0.29) is 0 Å². The van der Waals surface area contributed by atoms with Crippen molar-refractivity contribution in [2.24, 2.45) is 5.73 Å².